The van der Waals surface area contributed by atoms with Gasteiger partial charge in [-0.15, -0.1) is 0 Å². The fourth-order valence-electron chi connectivity index (χ4n) is 4.45. The first kappa shape index (κ1) is 20.1. The van der Waals surface area contributed by atoms with E-state index in [1.54, 1.807) is 16.9 Å². The molecule has 0 unspecified atom stereocenters. The van der Waals surface area contributed by atoms with E-state index in [-0.39, 0.29) is 25.1 Å². The summed E-state index contributed by atoms with van der Waals surface area (Å²) in [7, 11) is 0. The van der Waals surface area contributed by atoms with Gasteiger partial charge in [0.15, 0.2) is 11.6 Å². The Kier molecular flexibility index (Phi) is 4.63. The first-order chi connectivity index (χ1) is 14.9. The van der Waals surface area contributed by atoms with Crippen molar-refractivity contribution in [1.82, 2.24) is 9.55 Å². The Morgan fingerprint density at radius 1 is 1.23 bits per heavy atom. The van der Waals surface area contributed by atoms with Crippen LogP contribution < -0.4 is 5.56 Å². The van der Waals surface area contributed by atoms with Gasteiger partial charge in [0, 0.05) is 23.3 Å². The maximum atomic E-state index is 13.8. The molecule has 1 atom stereocenters. The smallest absolute Gasteiger partial charge is 0.309 e. The number of nitrogens with zero attached hydrogens (tertiary/aromatic N) is 2. The van der Waals surface area contributed by atoms with Gasteiger partial charge in [0.05, 0.1) is 35.4 Å². The van der Waals surface area contributed by atoms with Crippen LogP contribution in [0.3, 0.4) is 0 Å². The highest BCUT2D eigenvalue weighted by atomic mass is 32.2. The zero-order chi connectivity index (χ0) is 21.9. The van der Waals surface area contributed by atoms with Crippen LogP contribution in [0.4, 0.5) is 8.78 Å². The van der Waals surface area contributed by atoms with Crippen LogP contribution in [0.5, 0.6) is 0 Å². The van der Waals surface area contributed by atoms with Crippen molar-refractivity contribution in [2.75, 3.05) is 6.26 Å². The highest BCUT2D eigenvalue weighted by Crippen LogP contribution is 2.42. The zero-order valence-corrected chi connectivity index (χ0v) is 17.6. The molecule has 0 fully saturated rings. The second-order valence-electron chi connectivity index (χ2n) is 7.70. The number of carbonyl (C=O) groups is 1. The third-order valence-electron chi connectivity index (χ3n) is 6.02. The number of esters is 1. The molecule has 3 aromatic rings. The number of carbonyl (C=O) groups excluding carboxylic acids is 1. The lowest BCUT2D eigenvalue weighted by Gasteiger charge is -2.31. The molecule has 0 saturated carbocycles. The van der Waals surface area contributed by atoms with Crippen LogP contribution in [-0.2, 0) is 32.5 Å². The number of halogens is 2. The van der Waals surface area contributed by atoms with E-state index in [0.29, 0.717) is 39.8 Å². The summed E-state index contributed by atoms with van der Waals surface area (Å²) < 4.78 is 40.3. The van der Waals surface area contributed by atoms with Gasteiger partial charge in [-0.3, -0.25) is 9.59 Å². The molecule has 0 radical (unpaired) electrons. The number of ether oxygens (including phenoxy) is 1. The normalized spacial score (nSPS) is 19.5. The van der Waals surface area contributed by atoms with Gasteiger partial charge >= 0.3 is 5.97 Å². The van der Waals surface area contributed by atoms with Crippen LogP contribution in [0.15, 0.2) is 29.1 Å². The summed E-state index contributed by atoms with van der Waals surface area (Å²) in [5.41, 5.74) is 1.81. The number of pyridine rings is 2. The Morgan fingerprint density at radius 3 is 2.74 bits per heavy atom. The van der Waals surface area contributed by atoms with Crippen molar-refractivity contribution >= 4 is 28.9 Å². The molecule has 0 saturated heterocycles. The Hall–Kier alpha value is -2.78. The number of fused-ring (bicyclic) bond motifs is 5. The molecule has 5 rings (SSSR count). The average molecular weight is 444 g/mol. The minimum atomic E-state index is -1.01. The first-order valence-electron chi connectivity index (χ1n) is 9.80. The maximum Gasteiger partial charge on any atom is 0.309 e. The van der Waals surface area contributed by atoms with E-state index in [0.717, 1.165) is 29.7 Å². The molecule has 2 aromatic heterocycles. The van der Waals surface area contributed by atoms with Crippen molar-refractivity contribution in [2.24, 2.45) is 0 Å². The minimum absolute atomic E-state index is 0.0112. The fraction of sp³-hybridized carbons (Fsp3) is 0.318. The fourth-order valence-corrected chi connectivity index (χ4v) is 5.04. The number of rotatable bonds is 3. The third-order valence-corrected chi connectivity index (χ3v) is 6.51. The molecule has 0 amide bonds. The summed E-state index contributed by atoms with van der Waals surface area (Å²) in [6.45, 7) is 2.00. The number of aromatic nitrogens is 2. The second kappa shape index (κ2) is 7.13. The van der Waals surface area contributed by atoms with Crippen LogP contribution in [0.25, 0.3) is 22.3 Å². The Morgan fingerprint density at radius 2 is 2.00 bits per heavy atom. The number of hydrogen-bond donors (Lipinski definition) is 0. The zero-order valence-electron chi connectivity index (χ0n) is 16.8. The van der Waals surface area contributed by atoms with Crippen LogP contribution >= 0.6 is 12.0 Å². The molecule has 6 nitrogen and oxygen atoms in total. The highest BCUT2D eigenvalue weighted by Gasteiger charge is 2.42. The molecule has 31 heavy (non-hydrogen) atoms. The average Bonchev–Trinajstić information content (AvgIpc) is 3.02. The van der Waals surface area contributed by atoms with Crippen LogP contribution in [-0.4, -0.2) is 21.8 Å². The van der Waals surface area contributed by atoms with E-state index in [1.807, 2.05) is 13.0 Å². The van der Waals surface area contributed by atoms with Gasteiger partial charge in [-0.2, -0.15) is 0 Å². The van der Waals surface area contributed by atoms with E-state index in [9.17, 15) is 18.4 Å². The van der Waals surface area contributed by atoms with Gasteiger partial charge in [-0.1, -0.05) is 6.92 Å². The predicted octanol–water partition coefficient (Wildman–Crippen LogP) is 4.05. The molecule has 9 heteroatoms. The molecular weight excluding hydrogens is 426 g/mol. The molecule has 0 bridgehead atoms. The van der Waals surface area contributed by atoms with E-state index < -0.39 is 23.2 Å². The van der Waals surface area contributed by atoms with Crippen molar-refractivity contribution < 1.29 is 22.5 Å². The van der Waals surface area contributed by atoms with Crippen molar-refractivity contribution in [3.05, 3.63) is 62.9 Å². The van der Waals surface area contributed by atoms with E-state index in [2.05, 4.69) is 4.98 Å². The molecule has 2 aliphatic rings. The molecule has 0 aliphatic carbocycles. The molecule has 1 aromatic carbocycles. The summed E-state index contributed by atoms with van der Waals surface area (Å²) in [5, 5.41) is 0.461. The van der Waals surface area contributed by atoms with E-state index in [1.165, 1.54) is 0 Å². The van der Waals surface area contributed by atoms with Gasteiger partial charge < -0.3 is 13.5 Å². The van der Waals surface area contributed by atoms with E-state index >= 15 is 0 Å². The Labute approximate surface area is 180 Å². The summed E-state index contributed by atoms with van der Waals surface area (Å²) in [5.74, 6) is -2.36. The summed E-state index contributed by atoms with van der Waals surface area (Å²) in [4.78, 5) is 30.2. The summed E-state index contributed by atoms with van der Waals surface area (Å²) in [6, 6.07) is 5.70. The number of hydrogen-bond acceptors (Lipinski definition) is 6. The lowest BCUT2D eigenvalue weighted by Crippen LogP contribution is -2.33. The van der Waals surface area contributed by atoms with Crippen LogP contribution in [0, 0.1) is 11.6 Å². The maximum absolute atomic E-state index is 13.8. The first-order valence-corrected chi connectivity index (χ1v) is 11.0. The number of benzene rings is 1. The quantitative estimate of drug-likeness (QED) is 0.351. The summed E-state index contributed by atoms with van der Waals surface area (Å²) >= 11 is 1.13. The number of cyclic esters (lactones) is 1. The molecule has 0 spiro atoms. The Balaban J connectivity index is 1.77. The largest absolute Gasteiger partial charge is 0.460 e. The lowest BCUT2D eigenvalue weighted by atomic mass is 9.85. The van der Waals surface area contributed by atoms with Gasteiger partial charge in [-0.25, -0.2) is 13.8 Å². The monoisotopic (exact) mass is 444 g/mol. The van der Waals surface area contributed by atoms with Crippen molar-refractivity contribution in [3.8, 4) is 11.4 Å². The van der Waals surface area contributed by atoms with Gasteiger partial charge in [-0.05, 0) is 42.2 Å². The van der Waals surface area contributed by atoms with Crippen LogP contribution in [0.1, 0.15) is 36.5 Å². The van der Waals surface area contributed by atoms with Gasteiger partial charge in [0.2, 0.25) is 0 Å². The second-order valence-corrected chi connectivity index (χ2v) is 8.20. The highest BCUT2D eigenvalue weighted by molar-refractivity contribution is 7.93. The third kappa shape index (κ3) is 2.98. The topological polar surface area (TPSA) is 70.4 Å². The lowest BCUT2D eigenvalue weighted by molar-refractivity contribution is -0.148. The molecule has 0 N–H and O–H groups in total. The van der Waals surface area contributed by atoms with Crippen molar-refractivity contribution in [3.63, 3.8) is 0 Å². The predicted molar refractivity (Wildman–Crippen MR) is 111 cm³/mol. The van der Waals surface area contributed by atoms with Gasteiger partial charge in [0.25, 0.3) is 5.56 Å². The standard InChI is InChI=1S/C22H18F2N2O4S/c1-3-22(30-31-2)8-19(27)29-10-13-14(22)6-18-20-12(9-26(18)21(13)28)4-11-5-15(23)16(24)7-17(11)25-20/h4-7H,3,8-10H2,1-2H3/t22-/m1/s1. The van der Waals surface area contributed by atoms with Gasteiger partial charge in [0.1, 0.15) is 12.2 Å². The Bertz CT molecular complexity index is 1320. The summed E-state index contributed by atoms with van der Waals surface area (Å²) in [6.07, 6.45) is 2.20. The SMILES string of the molecule is CC[C@@]1(OSC)CC(=O)OCc2c1cc1n(c2=O)Cc2cc3cc(F)c(F)cc3nc2-1. The molecule has 4 heterocycles. The molecule has 160 valence electrons. The molecule has 2 aliphatic heterocycles. The molecular formula is C22H18F2N2O4S. The van der Waals surface area contributed by atoms with Crippen molar-refractivity contribution in [2.45, 2.75) is 38.5 Å². The van der Waals surface area contributed by atoms with Crippen molar-refractivity contribution in [1.29, 1.82) is 0 Å². The minimum Gasteiger partial charge on any atom is -0.460 e. The van der Waals surface area contributed by atoms with E-state index in [4.69, 9.17) is 8.92 Å². The van der Waals surface area contributed by atoms with Crippen LogP contribution in [0.2, 0.25) is 0 Å².